The molecule has 3 rings (SSSR count). The van der Waals surface area contributed by atoms with Gasteiger partial charge in [0, 0.05) is 31.6 Å². The summed E-state index contributed by atoms with van der Waals surface area (Å²) in [7, 11) is 0. The average molecular weight is 336 g/mol. The minimum absolute atomic E-state index is 0.108. The molecule has 9 heteroatoms. The summed E-state index contributed by atoms with van der Waals surface area (Å²) in [6.07, 6.45) is 1.56. The van der Waals surface area contributed by atoms with Gasteiger partial charge in [0.15, 0.2) is 0 Å². The predicted octanol–water partition coefficient (Wildman–Crippen LogP) is 0.533. The Labute approximate surface area is 137 Å². The SMILES string of the molecule is O=C(O)N1CCN(C(=O)O)C(Cc2n[nH]c(=O)c3c2CCCC3)C1. The molecule has 0 saturated carbocycles. The molecule has 1 aliphatic carbocycles. The van der Waals surface area contributed by atoms with Crippen LogP contribution in [0.15, 0.2) is 4.79 Å². The molecule has 2 amide bonds. The fourth-order valence-corrected chi connectivity index (χ4v) is 3.58. The van der Waals surface area contributed by atoms with Crippen LogP contribution in [0.2, 0.25) is 0 Å². The van der Waals surface area contributed by atoms with Crippen molar-refractivity contribution >= 4 is 12.2 Å². The Bertz CT molecular complexity index is 716. The second kappa shape index (κ2) is 6.50. The number of hydrogen-bond acceptors (Lipinski definition) is 4. The van der Waals surface area contributed by atoms with E-state index in [9.17, 15) is 24.6 Å². The van der Waals surface area contributed by atoms with E-state index in [1.54, 1.807) is 0 Å². The highest BCUT2D eigenvalue weighted by molar-refractivity contribution is 5.68. The maximum atomic E-state index is 11.9. The van der Waals surface area contributed by atoms with Crippen LogP contribution in [0.3, 0.4) is 0 Å². The molecule has 3 N–H and O–H groups in total. The molecule has 0 aromatic carbocycles. The molecule has 1 aromatic rings. The van der Waals surface area contributed by atoms with Crippen molar-refractivity contribution in [2.75, 3.05) is 19.6 Å². The first-order chi connectivity index (χ1) is 11.5. The first-order valence-electron chi connectivity index (χ1n) is 8.04. The van der Waals surface area contributed by atoms with Crippen LogP contribution in [-0.4, -0.2) is 68.1 Å². The van der Waals surface area contributed by atoms with Crippen LogP contribution >= 0.6 is 0 Å². The molecule has 0 radical (unpaired) electrons. The molecule has 1 saturated heterocycles. The number of H-pyrrole nitrogens is 1. The molecule has 1 aromatic heterocycles. The second-order valence-electron chi connectivity index (χ2n) is 6.23. The quantitative estimate of drug-likeness (QED) is 0.723. The maximum absolute atomic E-state index is 11.9. The number of fused-ring (bicyclic) bond motifs is 1. The summed E-state index contributed by atoms with van der Waals surface area (Å²) in [5.74, 6) is 0. The van der Waals surface area contributed by atoms with Crippen molar-refractivity contribution in [2.45, 2.75) is 38.1 Å². The van der Waals surface area contributed by atoms with Crippen molar-refractivity contribution in [3.05, 3.63) is 27.2 Å². The van der Waals surface area contributed by atoms with E-state index in [2.05, 4.69) is 10.2 Å². The van der Waals surface area contributed by atoms with Crippen LogP contribution in [0.4, 0.5) is 9.59 Å². The van der Waals surface area contributed by atoms with Gasteiger partial charge in [-0.1, -0.05) is 0 Å². The summed E-state index contributed by atoms with van der Waals surface area (Å²) < 4.78 is 0. The standard InChI is InChI=1S/C15H20N4O5/c20-13-11-4-2-1-3-10(11)12(16-17-13)7-9-8-18(14(21)22)5-6-19(9)15(23)24/h9H,1-8H2,(H,17,20)(H,21,22)(H,23,24). The molecular weight excluding hydrogens is 316 g/mol. The van der Waals surface area contributed by atoms with Gasteiger partial charge in [-0.15, -0.1) is 0 Å². The zero-order chi connectivity index (χ0) is 17.3. The van der Waals surface area contributed by atoms with Gasteiger partial charge in [0.2, 0.25) is 0 Å². The molecule has 1 atom stereocenters. The van der Waals surface area contributed by atoms with Crippen molar-refractivity contribution in [3.63, 3.8) is 0 Å². The molecule has 24 heavy (non-hydrogen) atoms. The fraction of sp³-hybridized carbons (Fsp3) is 0.600. The number of piperazine rings is 1. The Morgan fingerprint density at radius 1 is 1.12 bits per heavy atom. The normalized spacial score (nSPS) is 20.6. The molecule has 1 unspecified atom stereocenters. The van der Waals surface area contributed by atoms with E-state index in [4.69, 9.17) is 0 Å². The number of hydrogen-bond donors (Lipinski definition) is 3. The van der Waals surface area contributed by atoms with Gasteiger partial charge in [-0.05, 0) is 31.2 Å². The van der Waals surface area contributed by atoms with E-state index in [0.29, 0.717) is 18.5 Å². The molecule has 2 heterocycles. The number of carbonyl (C=O) groups is 2. The van der Waals surface area contributed by atoms with E-state index < -0.39 is 18.2 Å². The Hall–Kier alpha value is -2.58. The molecule has 0 spiro atoms. The summed E-state index contributed by atoms with van der Waals surface area (Å²) in [6, 6.07) is -0.503. The molecule has 9 nitrogen and oxygen atoms in total. The third-order valence-corrected chi connectivity index (χ3v) is 4.81. The fourth-order valence-electron chi connectivity index (χ4n) is 3.58. The highest BCUT2D eigenvalue weighted by Gasteiger charge is 2.33. The number of nitrogens with zero attached hydrogens (tertiary/aromatic N) is 3. The third kappa shape index (κ3) is 3.06. The lowest BCUT2D eigenvalue weighted by atomic mass is 9.89. The average Bonchev–Trinajstić information content (AvgIpc) is 2.57. The van der Waals surface area contributed by atoms with E-state index >= 15 is 0 Å². The lowest BCUT2D eigenvalue weighted by Gasteiger charge is -2.38. The number of nitrogens with one attached hydrogen (secondary N) is 1. The van der Waals surface area contributed by atoms with E-state index in [0.717, 1.165) is 30.4 Å². The van der Waals surface area contributed by atoms with Crippen LogP contribution in [0, 0.1) is 0 Å². The van der Waals surface area contributed by atoms with E-state index in [1.807, 2.05) is 0 Å². The van der Waals surface area contributed by atoms with Crippen molar-refractivity contribution in [1.29, 1.82) is 0 Å². The Kier molecular flexibility index (Phi) is 4.41. The first kappa shape index (κ1) is 16.3. The smallest absolute Gasteiger partial charge is 0.407 e. The summed E-state index contributed by atoms with van der Waals surface area (Å²) in [5, 5.41) is 25.2. The van der Waals surface area contributed by atoms with Gasteiger partial charge in [0.1, 0.15) is 0 Å². The van der Waals surface area contributed by atoms with Gasteiger partial charge in [-0.2, -0.15) is 5.10 Å². The highest BCUT2D eigenvalue weighted by Crippen LogP contribution is 2.23. The molecule has 2 aliphatic rings. The van der Waals surface area contributed by atoms with Gasteiger partial charge in [-0.25, -0.2) is 14.7 Å². The Balaban J connectivity index is 1.88. The van der Waals surface area contributed by atoms with Crippen LogP contribution < -0.4 is 5.56 Å². The largest absolute Gasteiger partial charge is 0.465 e. The van der Waals surface area contributed by atoms with Crippen molar-refractivity contribution in [2.24, 2.45) is 0 Å². The van der Waals surface area contributed by atoms with Crippen molar-refractivity contribution in [1.82, 2.24) is 20.0 Å². The lowest BCUT2D eigenvalue weighted by molar-refractivity contribution is 0.0634. The minimum Gasteiger partial charge on any atom is -0.465 e. The first-order valence-corrected chi connectivity index (χ1v) is 8.04. The number of aromatic nitrogens is 2. The topological polar surface area (TPSA) is 127 Å². The van der Waals surface area contributed by atoms with E-state index in [-0.39, 0.29) is 25.2 Å². The van der Waals surface area contributed by atoms with Gasteiger partial charge < -0.3 is 20.0 Å². The minimum atomic E-state index is -1.07. The number of aromatic amines is 1. The number of amides is 2. The summed E-state index contributed by atoms with van der Waals surface area (Å²) >= 11 is 0. The molecule has 1 aliphatic heterocycles. The number of carboxylic acid groups (broad SMARTS) is 2. The van der Waals surface area contributed by atoms with Crippen LogP contribution in [-0.2, 0) is 19.3 Å². The second-order valence-corrected chi connectivity index (χ2v) is 6.23. The Morgan fingerprint density at radius 2 is 1.83 bits per heavy atom. The summed E-state index contributed by atoms with van der Waals surface area (Å²) in [6.45, 7) is 0.407. The van der Waals surface area contributed by atoms with Gasteiger partial charge in [0.05, 0.1) is 11.7 Å². The lowest BCUT2D eigenvalue weighted by Crippen LogP contribution is -2.57. The van der Waals surface area contributed by atoms with Crippen LogP contribution in [0.25, 0.3) is 0 Å². The summed E-state index contributed by atoms with van der Waals surface area (Å²) in [4.78, 5) is 37.1. The van der Waals surface area contributed by atoms with Gasteiger partial charge >= 0.3 is 12.2 Å². The highest BCUT2D eigenvalue weighted by atomic mass is 16.4. The third-order valence-electron chi connectivity index (χ3n) is 4.81. The maximum Gasteiger partial charge on any atom is 0.407 e. The summed E-state index contributed by atoms with van der Waals surface area (Å²) in [5.41, 5.74) is 2.13. The molecule has 1 fully saturated rings. The van der Waals surface area contributed by atoms with Crippen molar-refractivity contribution in [3.8, 4) is 0 Å². The van der Waals surface area contributed by atoms with Gasteiger partial charge in [0.25, 0.3) is 5.56 Å². The molecule has 0 bridgehead atoms. The molecular formula is C15H20N4O5. The van der Waals surface area contributed by atoms with Gasteiger partial charge in [-0.3, -0.25) is 4.79 Å². The van der Waals surface area contributed by atoms with Crippen molar-refractivity contribution < 1.29 is 19.8 Å². The zero-order valence-electron chi connectivity index (χ0n) is 13.2. The number of rotatable bonds is 2. The molecule has 130 valence electrons. The predicted molar refractivity (Wildman–Crippen MR) is 83.3 cm³/mol. The Morgan fingerprint density at radius 3 is 2.50 bits per heavy atom. The van der Waals surface area contributed by atoms with Crippen LogP contribution in [0.5, 0.6) is 0 Å². The monoisotopic (exact) mass is 336 g/mol. The van der Waals surface area contributed by atoms with E-state index in [1.165, 1.54) is 9.80 Å². The zero-order valence-corrected chi connectivity index (χ0v) is 13.2. The van der Waals surface area contributed by atoms with Crippen LogP contribution in [0.1, 0.15) is 29.7 Å².